The van der Waals surface area contributed by atoms with Crippen LogP contribution in [0.5, 0.6) is 17.2 Å². The molecule has 8 heteroatoms. The maximum Gasteiger partial charge on any atom is 0.225 e. The van der Waals surface area contributed by atoms with Gasteiger partial charge in [-0.2, -0.15) is 0 Å². The zero-order chi connectivity index (χ0) is 24.4. The standard InChI is InChI=1S/C27H30N4O4/c1-33-24-15-19(16-25(34-2)26(24)35-3)18-13-22-21(23(32)14-18)17-28-27(29-22)31-11-9-30(10-12-31)20-7-5-4-6-8-20/h4-8,15-18H,9-14H2,1-3H3/t18-/m1/s1. The van der Waals surface area contributed by atoms with Crippen LogP contribution in [0, 0.1) is 0 Å². The number of rotatable bonds is 6. The number of hydrogen-bond donors (Lipinski definition) is 0. The Bertz CT molecular complexity index is 1180. The molecule has 3 aromatic rings. The summed E-state index contributed by atoms with van der Waals surface area (Å²) in [7, 11) is 4.78. The van der Waals surface area contributed by atoms with Crippen LogP contribution < -0.4 is 24.0 Å². The van der Waals surface area contributed by atoms with Gasteiger partial charge in [-0.25, -0.2) is 9.97 Å². The highest BCUT2D eigenvalue weighted by molar-refractivity contribution is 5.98. The lowest BCUT2D eigenvalue weighted by molar-refractivity contribution is 0.0962. The van der Waals surface area contributed by atoms with Gasteiger partial charge in [0.1, 0.15) is 0 Å². The number of ketones is 1. The number of hydrogen-bond acceptors (Lipinski definition) is 8. The molecule has 1 fully saturated rings. The molecule has 2 heterocycles. The van der Waals surface area contributed by atoms with Crippen molar-refractivity contribution in [3.63, 3.8) is 0 Å². The van der Waals surface area contributed by atoms with E-state index >= 15 is 0 Å². The maximum absolute atomic E-state index is 13.0. The maximum atomic E-state index is 13.0. The van der Waals surface area contributed by atoms with Crippen LogP contribution in [0.1, 0.15) is 34.0 Å². The summed E-state index contributed by atoms with van der Waals surface area (Å²) in [6.07, 6.45) is 2.75. The number of aromatic nitrogens is 2. The number of Topliss-reactive ketones (excluding diaryl/α,β-unsaturated/α-hetero) is 1. The van der Waals surface area contributed by atoms with Crippen LogP contribution in [0.3, 0.4) is 0 Å². The first-order chi connectivity index (χ1) is 17.1. The quantitative estimate of drug-likeness (QED) is 0.535. The molecule has 0 unspecified atom stereocenters. The molecule has 1 saturated heterocycles. The second-order valence-electron chi connectivity index (χ2n) is 8.83. The molecule has 0 N–H and O–H groups in total. The molecule has 1 aromatic heterocycles. The number of nitrogens with zero attached hydrogens (tertiary/aromatic N) is 4. The van der Waals surface area contributed by atoms with E-state index in [9.17, 15) is 4.79 Å². The van der Waals surface area contributed by atoms with Gasteiger partial charge in [0.25, 0.3) is 0 Å². The van der Waals surface area contributed by atoms with Gasteiger partial charge < -0.3 is 24.0 Å². The molecule has 2 aromatic carbocycles. The van der Waals surface area contributed by atoms with Gasteiger partial charge in [0.2, 0.25) is 11.7 Å². The van der Waals surface area contributed by atoms with Crippen LogP contribution in [0.2, 0.25) is 0 Å². The van der Waals surface area contributed by atoms with Crippen LogP contribution >= 0.6 is 0 Å². The van der Waals surface area contributed by atoms with E-state index in [1.807, 2.05) is 18.2 Å². The van der Waals surface area contributed by atoms with Crippen molar-refractivity contribution < 1.29 is 19.0 Å². The highest BCUT2D eigenvalue weighted by atomic mass is 16.5. The predicted octanol–water partition coefficient (Wildman–Crippen LogP) is 3.74. The van der Waals surface area contributed by atoms with E-state index in [0.717, 1.165) is 37.4 Å². The molecule has 35 heavy (non-hydrogen) atoms. The van der Waals surface area contributed by atoms with E-state index < -0.39 is 0 Å². The molecule has 5 rings (SSSR count). The van der Waals surface area contributed by atoms with Gasteiger partial charge in [-0.05, 0) is 42.2 Å². The second kappa shape index (κ2) is 9.82. The molecule has 1 atom stereocenters. The van der Waals surface area contributed by atoms with Gasteiger partial charge in [-0.3, -0.25) is 4.79 Å². The Morgan fingerprint density at radius 3 is 2.14 bits per heavy atom. The second-order valence-corrected chi connectivity index (χ2v) is 8.83. The SMILES string of the molecule is COc1cc([C@H]2CC(=O)c3cnc(N4CCN(c5ccccc5)CC4)nc3C2)cc(OC)c1OC. The van der Waals surface area contributed by atoms with E-state index in [1.54, 1.807) is 27.5 Å². The lowest BCUT2D eigenvalue weighted by Gasteiger charge is -2.36. The number of carbonyl (C=O) groups is 1. The highest BCUT2D eigenvalue weighted by Crippen LogP contribution is 2.42. The Kier molecular flexibility index (Phi) is 6.44. The van der Waals surface area contributed by atoms with E-state index in [0.29, 0.717) is 41.6 Å². The zero-order valence-corrected chi connectivity index (χ0v) is 20.4. The summed E-state index contributed by atoms with van der Waals surface area (Å²) in [6.45, 7) is 3.46. The fourth-order valence-corrected chi connectivity index (χ4v) is 4.96. The number of para-hydroxylation sites is 1. The molecule has 8 nitrogen and oxygen atoms in total. The van der Waals surface area contributed by atoms with Gasteiger partial charge in [0.05, 0.1) is 32.6 Å². The minimum Gasteiger partial charge on any atom is -0.493 e. The summed E-state index contributed by atoms with van der Waals surface area (Å²) >= 11 is 0. The smallest absolute Gasteiger partial charge is 0.225 e. The van der Waals surface area contributed by atoms with Gasteiger partial charge in [0, 0.05) is 44.5 Å². The molecule has 1 aliphatic carbocycles. The molecule has 0 radical (unpaired) electrons. The van der Waals surface area contributed by atoms with Crippen LogP contribution in [0.4, 0.5) is 11.6 Å². The minimum atomic E-state index is -0.0265. The summed E-state index contributed by atoms with van der Waals surface area (Å²) in [6, 6.07) is 14.3. The molecular formula is C27H30N4O4. The van der Waals surface area contributed by atoms with E-state index in [4.69, 9.17) is 19.2 Å². The van der Waals surface area contributed by atoms with Gasteiger partial charge in [0.15, 0.2) is 17.3 Å². The summed E-state index contributed by atoms with van der Waals surface area (Å²) in [5.74, 6) is 2.43. The van der Waals surface area contributed by atoms with Crippen molar-refractivity contribution >= 4 is 17.4 Å². The third-order valence-corrected chi connectivity index (χ3v) is 6.87. The molecule has 0 spiro atoms. The predicted molar refractivity (Wildman–Crippen MR) is 134 cm³/mol. The first-order valence-electron chi connectivity index (χ1n) is 11.8. The number of benzene rings is 2. The largest absolute Gasteiger partial charge is 0.493 e. The summed E-state index contributed by atoms with van der Waals surface area (Å²) in [5.41, 5.74) is 3.63. The van der Waals surface area contributed by atoms with Gasteiger partial charge in [-0.1, -0.05) is 18.2 Å². The van der Waals surface area contributed by atoms with E-state index in [-0.39, 0.29) is 11.7 Å². The Morgan fingerprint density at radius 1 is 0.857 bits per heavy atom. The monoisotopic (exact) mass is 474 g/mol. The molecule has 0 saturated carbocycles. The zero-order valence-electron chi connectivity index (χ0n) is 20.4. The lowest BCUT2D eigenvalue weighted by atomic mass is 9.82. The van der Waals surface area contributed by atoms with Crippen molar-refractivity contribution in [2.75, 3.05) is 57.3 Å². The molecule has 0 bridgehead atoms. The Morgan fingerprint density at radius 2 is 1.51 bits per heavy atom. The van der Waals surface area contributed by atoms with Crippen LogP contribution in [0.15, 0.2) is 48.7 Å². The third kappa shape index (κ3) is 4.48. The van der Waals surface area contributed by atoms with Gasteiger partial charge >= 0.3 is 0 Å². The molecule has 0 amide bonds. The average molecular weight is 475 g/mol. The molecule has 1 aliphatic heterocycles. The van der Waals surface area contributed by atoms with Gasteiger partial charge in [-0.15, -0.1) is 0 Å². The van der Waals surface area contributed by atoms with Crippen molar-refractivity contribution in [3.8, 4) is 17.2 Å². The van der Waals surface area contributed by atoms with E-state index in [1.165, 1.54) is 5.69 Å². The molecule has 182 valence electrons. The van der Waals surface area contributed by atoms with Crippen molar-refractivity contribution in [3.05, 3.63) is 65.5 Å². The van der Waals surface area contributed by atoms with E-state index in [2.05, 4.69) is 39.0 Å². The lowest BCUT2D eigenvalue weighted by Crippen LogP contribution is -2.47. The van der Waals surface area contributed by atoms with Crippen LogP contribution in [-0.2, 0) is 6.42 Å². The first kappa shape index (κ1) is 23.0. The van der Waals surface area contributed by atoms with Crippen molar-refractivity contribution in [2.45, 2.75) is 18.8 Å². The topological polar surface area (TPSA) is 77.0 Å². The van der Waals surface area contributed by atoms with Crippen molar-refractivity contribution in [1.82, 2.24) is 9.97 Å². The Hall–Kier alpha value is -3.81. The number of ether oxygens (including phenoxy) is 3. The normalized spacial score (nSPS) is 17.7. The average Bonchev–Trinajstić information content (AvgIpc) is 2.92. The summed E-state index contributed by atoms with van der Waals surface area (Å²) in [4.78, 5) is 27.0. The van der Waals surface area contributed by atoms with Crippen molar-refractivity contribution in [1.29, 1.82) is 0 Å². The first-order valence-corrected chi connectivity index (χ1v) is 11.8. The third-order valence-electron chi connectivity index (χ3n) is 6.87. The van der Waals surface area contributed by atoms with Crippen LogP contribution in [-0.4, -0.2) is 63.3 Å². The Balaban J connectivity index is 1.36. The van der Waals surface area contributed by atoms with Crippen molar-refractivity contribution in [2.24, 2.45) is 0 Å². The summed E-state index contributed by atoms with van der Waals surface area (Å²) < 4.78 is 16.5. The Labute approximate surface area is 205 Å². The fraction of sp³-hybridized carbons (Fsp3) is 0.370. The molecule has 2 aliphatic rings. The fourth-order valence-electron chi connectivity index (χ4n) is 4.96. The van der Waals surface area contributed by atoms with Crippen LogP contribution in [0.25, 0.3) is 0 Å². The number of fused-ring (bicyclic) bond motifs is 1. The minimum absolute atomic E-state index is 0.0265. The molecular weight excluding hydrogens is 444 g/mol. The number of carbonyl (C=O) groups excluding carboxylic acids is 1. The number of methoxy groups -OCH3 is 3. The highest BCUT2D eigenvalue weighted by Gasteiger charge is 2.30. The summed E-state index contributed by atoms with van der Waals surface area (Å²) in [5, 5.41) is 0. The number of anilines is 2. The number of piperazine rings is 1.